The van der Waals surface area contributed by atoms with Crippen LogP contribution >= 0.6 is 24.0 Å². The number of H-pyrrole nitrogens is 1. The number of sulfone groups is 1. The van der Waals surface area contributed by atoms with Crippen LogP contribution in [0.25, 0.3) is 10.9 Å². The van der Waals surface area contributed by atoms with Crippen LogP contribution in [0.3, 0.4) is 0 Å². The van der Waals surface area contributed by atoms with E-state index in [9.17, 15) is 12.8 Å². The molecule has 2 aromatic rings. The lowest BCUT2D eigenvalue weighted by atomic mass is 10.1. The molecule has 152 valence electrons. The van der Waals surface area contributed by atoms with Gasteiger partial charge in [-0.25, -0.2) is 12.8 Å². The Balaban J connectivity index is 0.00000364. The number of fused-ring (bicyclic) bond motifs is 1. The van der Waals surface area contributed by atoms with Gasteiger partial charge in [0.05, 0.1) is 10.5 Å². The molecule has 9 heteroatoms. The number of guanidine groups is 1. The standard InChI is InChI=1S/C18H27FN4O2S.HI/c1-18(2,3)26(24,25)10-9-22-17(20-4)21-8-7-13-12-23-16-6-5-14(19)11-15(13)16;/h5-6,11-12,23H,7-10H2,1-4H3,(H2,20,21,22);1H. The lowest BCUT2D eigenvalue weighted by Gasteiger charge is -2.19. The highest BCUT2D eigenvalue weighted by Crippen LogP contribution is 2.19. The molecule has 1 aromatic carbocycles. The number of hydrogen-bond donors (Lipinski definition) is 3. The summed E-state index contributed by atoms with van der Waals surface area (Å²) in [4.78, 5) is 7.22. The highest BCUT2D eigenvalue weighted by molar-refractivity contribution is 14.0. The molecule has 27 heavy (non-hydrogen) atoms. The lowest BCUT2D eigenvalue weighted by Crippen LogP contribution is -2.42. The van der Waals surface area contributed by atoms with E-state index in [1.807, 2.05) is 6.20 Å². The smallest absolute Gasteiger partial charge is 0.191 e. The molecule has 0 amide bonds. The predicted octanol–water partition coefficient (Wildman–Crippen LogP) is 2.85. The first-order chi connectivity index (χ1) is 12.1. The van der Waals surface area contributed by atoms with Crippen LogP contribution in [0.4, 0.5) is 4.39 Å². The Bertz CT molecular complexity index is 888. The van der Waals surface area contributed by atoms with Crippen LogP contribution in [-0.2, 0) is 16.3 Å². The molecule has 1 heterocycles. The molecular formula is C18H28FIN4O2S. The minimum atomic E-state index is -3.17. The monoisotopic (exact) mass is 510 g/mol. The van der Waals surface area contributed by atoms with Gasteiger partial charge in [0.25, 0.3) is 0 Å². The van der Waals surface area contributed by atoms with Gasteiger partial charge in [-0.05, 0) is 51.0 Å². The maximum Gasteiger partial charge on any atom is 0.191 e. The molecular weight excluding hydrogens is 482 g/mol. The summed E-state index contributed by atoms with van der Waals surface area (Å²) in [7, 11) is -1.54. The first-order valence-electron chi connectivity index (χ1n) is 8.56. The Morgan fingerprint density at radius 3 is 2.52 bits per heavy atom. The van der Waals surface area contributed by atoms with Crippen molar-refractivity contribution in [1.82, 2.24) is 15.6 Å². The van der Waals surface area contributed by atoms with Crippen molar-refractivity contribution in [2.24, 2.45) is 4.99 Å². The topological polar surface area (TPSA) is 86.3 Å². The van der Waals surface area contributed by atoms with Crippen molar-refractivity contribution in [1.29, 1.82) is 0 Å². The van der Waals surface area contributed by atoms with Gasteiger partial charge in [0.15, 0.2) is 15.8 Å². The predicted molar refractivity (Wildman–Crippen MR) is 120 cm³/mol. The number of hydrogen-bond acceptors (Lipinski definition) is 3. The van der Waals surface area contributed by atoms with Crippen LogP contribution in [0.2, 0.25) is 0 Å². The average molecular weight is 510 g/mol. The molecule has 0 saturated heterocycles. The third kappa shape index (κ3) is 6.34. The van der Waals surface area contributed by atoms with E-state index in [4.69, 9.17) is 0 Å². The second-order valence-corrected chi connectivity index (χ2v) is 9.97. The van der Waals surface area contributed by atoms with Crippen molar-refractivity contribution in [2.75, 3.05) is 25.9 Å². The van der Waals surface area contributed by atoms with Crippen LogP contribution in [0.1, 0.15) is 26.3 Å². The second-order valence-electron chi connectivity index (χ2n) is 7.11. The minimum absolute atomic E-state index is 0. The van der Waals surface area contributed by atoms with E-state index < -0.39 is 14.6 Å². The maximum atomic E-state index is 13.4. The maximum absolute atomic E-state index is 13.4. The largest absolute Gasteiger partial charge is 0.361 e. The highest BCUT2D eigenvalue weighted by atomic mass is 127. The van der Waals surface area contributed by atoms with Crippen molar-refractivity contribution in [3.8, 4) is 0 Å². The van der Waals surface area contributed by atoms with Crippen LogP contribution in [0, 0.1) is 5.82 Å². The molecule has 0 spiro atoms. The molecule has 0 unspecified atom stereocenters. The van der Waals surface area contributed by atoms with Gasteiger partial charge in [-0.3, -0.25) is 4.99 Å². The van der Waals surface area contributed by atoms with E-state index in [0.717, 1.165) is 16.5 Å². The molecule has 0 radical (unpaired) electrons. The number of benzene rings is 1. The van der Waals surface area contributed by atoms with Crippen molar-refractivity contribution in [3.63, 3.8) is 0 Å². The van der Waals surface area contributed by atoms with Gasteiger partial charge in [-0.2, -0.15) is 0 Å². The van der Waals surface area contributed by atoms with E-state index in [-0.39, 0.29) is 42.1 Å². The minimum Gasteiger partial charge on any atom is -0.361 e. The van der Waals surface area contributed by atoms with E-state index in [0.29, 0.717) is 18.9 Å². The van der Waals surface area contributed by atoms with E-state index in [1.165, 1.54) is 12.1 Å². The number of halogens is 2. The summed E-state index contributed by atoms with van der Waals surface area (Å²) >= 11 is 0. The molecule has 0 saturated carbocycles. The molecule has 3 N–H and O–H groups in total. The Kier molecular flexibility index (Phi) is 8.52. The second kappa shape index (κ2) is 9.72. The Morgan fingerprint density at radius 2 is 1.89 bits per heavy atom. The third-order valence-electron chi connectivity index (χ3n) is 4.24. The molecule has 0 aliphatic carbocycles. The number of aromatic amines is 1. The number of aliphatic imine (C=N–C) groups is 1. The van der Waals surface area contributed by atoms with Crippen LogP contribution in [0.5, 0.6) is 0 Å². The van der Waals surface area contributed by atoms with Crippen molar-refractivity contribution < 1.29 is 12.8 Å². The fourth-order valence-electron chi connectivity index (χ4n) is 2.50. The van der Waals surface area contributed by atoms with Gasteiger partial charge in [-0.1, -0.05) is 0 Å². The van der Waals surface area contributed by atoms with Gasteiger partial charge in [0, 0.05) is 37.2 Å². The van der Waals surface area contributed by atoms with E-state index in [2.05, 4.69) is 20.6 Å². The summed E-state index contributed by atoms with van der Waals surface area (Å²) in [6, 6.07) is 4.67. The molecule has 0 atom stereocenters. The third-order valence-corrected chi connectivity index (χ3v) is 6.84. The van der Waals surface area contributed by atoms with Gasteiger partial charge in [0.1, 0.15) is 5.82 Å². The van der Waals surface area contributed by atoms with Crippen molar-refractivity contribution in [3.05, 3.63) is 35.8 Å². The molecule has 0 aliphatic heterocycles. The van der Waals surface area contributed by atoms with Crippen LogP contribution in [0.15, 0.2) is 29.4 Å². The fourth-order valence-corrected chi connectivity index (χ4v) is 3.49. The first-order valence-corrected chi connectivity index (χ1v) is 10.2. The summed E-state index contributed by atoms with van der Waals surface area (Å²) < 4.78 is 36.9. The molecule has 0 fully saturated rings. The number of rotatable bonds is 6. The lowest BCUT2D eigenvalue weighted by molar-refractivity contribution is 0.559. The van der Waals surface area contributed by atoms with Crippen molar-refractivity contribution in [2.45, 2.75) is 31.9 Å². The first kappa shape index (κ1) is 23.7. The van der Waals surface area contributed by atoms with E-state index in [1.54, 1.807) is 33.9 Å². The fraction of sp³-hybridized carbons (Fsp3) is 0.500. The van der Waals surface area contributed by atoms with Crippen LogP contribution in [-0.4, -0.2) is 50.0 Å². The van der Waals surface area contributed by atoms with E-state index >= 15 is 0 Å². The quantitative estimate of drug-likeness (QED) is 0.317. The summed E-state index contributed by atoms with van der Waals surface area (Å²) in [5.74, 6) is 0.322. The zero-order valence-electron chi connectivity index (χ0n) is 16.1. The van der Waals surface area contributed by atoms with Gasteiger partial charge < -0.3 is 15.6 Å². The van der Waals surface area contributed by atoms with Crippen molar-refractivity contribution >= 4 is 50.7 Å². The SMILES string of the molecule is CN=C(NCCc1c[nH]c2ccc(F)cc12)NCCS(=O)(=O)C(C)(C)C.I. The van der Waals surface area contributed by atoms with Crippen LogP contribution < -0.4 is 10.6 Å². The molecule has 6 nitrogen and oxygen atoms in total. The molecule has 0 bridgehead atoms. The Morgan fingerprint density at radius 1 is 1.22 bits per heavy atom. The summed E-state index contributed by atoms with van der Waals surface area (Å²) in [5, 5.41) is 7.03. The van der Waals surface area contributed by atoms with Gasteiger partial charge in [0.2, 0.25) is 0 Å². The molecule has 2 rings (SSSR count). The zero-order valence-corrected chi connectivity index (χ0v) is 19.2. The Hall–Kier alpha value is -1.36. The summed E-state index contributed by atoms with van der Waals surface area (Å²) in [6.07, 6.45) is 2.56. The molecule has 1 aromatic heterocycles. The number of nitrogens with zero attached hydrogens (tertiary/aromatic N) is 1. The van der Waals surface area contributed by atoms with Gasteiger partial charge in [-0.15, -0.1) is 24.0 Å². The Labute approximate surface area is 177 Å². The average Bonchev–Trinajstić information content (AvgIpc) is 2.94. The zero-order chi connectivity index (χ0) is 19.4. The number of nitrogens with one attached hydrogen (secondary N) is 3. The van der Waals surface area contributed by atoms with Gasteiger partial charge >= 0.3 is 0 Å². The summed E-state index contributed by atoms with van der Waals surface area (Å²) in [6.45, 7) is 5.96. The molecule has 0 aliphatic rings. The normalized spacial score (nSPS) is 12.7. The highest BCUT2D eigenvalue weighted by Gasteiger charge is 2.28. The summed E-state index contributed by atoms with van der Waals surface area (Å²) in [5.41, 5.74) is 1.91. The number of aromatic nitrogens is 1.